The van der Waals surface area contributed by atoms with E-state index >= 15 is 0 Å². The van der Waals surface area contributed by atoms with Gasteiger partial charge < -0.3 is 4.90 Å². The van der Waals surface area contributed by atoms with Crippen molar-refractivity contribution in [1.29, 1.82) is 0 Å². The molecule has 0 radical (unpaired) electrons. The van der Waals surface area contributed by atoms with Gasteiger partial charge in [0.2, 0.25) is 0 Å². The van der Waals surface area contributed by atoms with E-state index in [9.17, 15) is 4.79 Å². The van der Waals surface area contributed by atoms with E-state index in [-0.39, 0.29) is 10.6 Å². The van der Waals surface area contributed by atoms with Gasteiger partial charge in [-0.05, 0) is 18.9 Å². The number of hydrogen-bond acceptors (Lipinski definition) is 4. The number of aryl methyl sites for hydroxylation is 1. The molecule has 1 fully saturated rings. The quantitative estimate of drug-likeness (QED) is 0.841. The van der Waals surface area contributed by atoms with Crippen molar-refractivity contribution in [2.45, 2.75) is 18.9 Å². The SMILES string of the molecule is Cn1ncc(N2CCC(n3cccn3)CC2)c(Cl)c1=O. The maximum atomic E-state index is 11.8. The van der Waals surface area contributed by atoms with Gasteiger partial charge in [0.05, 0.1) is 17.9 Å². The molecule has 1 aliphatic rings. The van der Waals surface area contributed by atoms with Crippen LogP contribution >= 0.6 is 11.6 Å². The first-order chi connectivity index (χ1) is 9.66. The Morgan fingerprint density at radius 1 is 1.30 bits per heavy atom. The summed E-state index contributed by atoms with van der Waals surface area (Å²) in [6.07, 6.45) is 7.42. The Balaban J connectivity index is 1.76. The molecule has 0 amide bonds. The third-order valence-corrected chi connectivity index (χ3v) is 4.12. The van der Waals surface area contributed by atoms with Gasteiger partial charge in [0.15, 0.2) is 0 Å². The van der Waals surface area contributed by atoms with Crippen molar-refractivity contribution >= 4 is 17.3 Å². The molecule has 2 aromatic rings. The van der Waals surface area contributed by atoms with E-state index in [1.165, 1.54) is 4.68 Å². The van der Waals surface area contributed by atoms with E-state index in [2.05, 4.69) is 15.1 Å². The fraction of sp³-hybridized carbons (Fsp3) is 0.462. The number of rotatable bonds is 2. The van der Waals surface area contributed by atoms with Crippen LogP contribution in [0.15, 0.2) is 29.5 Å². The Kier molecular flexibility index (Phi) is 3.48. The van der Waals surface area contributed by atoms with Crippen LogP contribution < -0.4 is 10.5 Å². The molecule has 0 aliphatic carbocycles. The van der Waals surface area contributed by atoms with Crippen LogP contribution in [0.2, 0.25) is 5.02 Å². The highest BCUT2D eigenvalue weighted by atomic mass is 35.5. The van der Waals surface area contributed by atoms with Crippen LogP contribution in [0.1, 0.15) is 18.9 Å². The number of halogens is 1. The lowest BCUT2D eigenvalue weighted by molar-refractivity contribution is 0.366. The smallest absolute Gasteiger partial charge is 0.287 e. The zero-order chi connectivity index (χ0) is 14.1. The summed E-state index contributed by atoms with van der Waals surface area (Å²) in [6, 6.07) is 2.35. The highest BCUT2D eigenvalue weighted by Gasteiger charge is 2.23. The second-order valence-electron chi connectivity index (χ2n) is 4.98. The fourth-order valence-electron chi connectivity index (χ4n) is 2.59. The zero-order valence-corrected chi connectivity index (χ0v) is 12.0. The predicted octanol–water partition coefficient (Wildman–Crippen LogP) is 1.47. The Labute approximate surface area is 121 Å². The van der Waals surface area contributed by atoms with Crippen LogP contribution in [0.3, 0.4) is 0 Å². The molecule has 7 heteroatoms. The Hall–Kier alpha value is -1.82. The van der Waals surface area contributed by atoms with E-state index in [0.29, 0.717) is 6.04 Å². The monoisotopic (exact) mass is 293 g/mol. The maximum Gasteiger partial charge on any atom is 0.287 e. The van der Waals surface area contributed by atoms with Crippen LogP contribution in [-0.2, 0) is 7.05 Å². The van der Waals surface area contributed by atoms with E-state index in [0.717, 1.165) is 31.6 Å². The van der Waals surface area contributed by atoms with Crippen molar-refractivity contribution in [3.8, 4) is 0 Å². The molecule has 1 saturated heterocycles. The lowest BCUT2D eigenvalue weighted by Crippen LogP contribution is -2.36. The average Bonchev–Trinajstić information content (AvgIpc) is 3.00. The molecule has 0 saturated carbocycles. The lowest BCUT2D eigenvalue weighted by Gasteiger charge is -2.33. The molecule has 0 aromatic carbocycles. The zero-order valence-electron chi connectivity index (χ0n) is 11.2. The van der Waals surface area contributed by atoms with E-state index in [1.54, 1.807) is 19.4 Å². The molecule has 0 spiro atoms. The third-order valence-electron chi connectivity index (χ3n) is 3.76. The molecule has 3 rings (SSSR count). The summed E-state index contributed by atoms with van der Waals surface area (Å²) in [5, 5.41) is 8.58. The maximum absolute atomic E-state index is 11.8. The molecule has 1 aliphatic heterocycles. The summed E-state index contributed by atoms with van der Waals surface area (Å²) in [5.41, 5.74) is 0.479. The second kappa shape index (κ2) is 5.28. The van der Waals surface area contributed by atoms with Crippen LogP contribution in [-0.4, -0.2) is 32.7 Å². The number of piperidine rings is 1. The molecule has 2 aromatic heterocycles. The molecule has 106 valence electrons. The summed E-state index contributed by atoms with van der Waals surface area (Å²) in [5.74, 6) is 0. The van der Waals surface area contributed by atoms with Crippen LogP contribution in [0, 0.1) is 0 Å². The number of hydrogen-bond donors (Lipinski definition) is 0. The summed E-state index contributed by atoms with van der Waals surface area (Å²) in [7, 11) is 1.60. The molecular weight excluding hydrogens is 278 g/mol. The highest BCUT2D eigenvalue weighted by Crippen LogP contribution is 2.28. The first kappa shape index (κ1) is 13.2. The first-order valence-electron chi connectivity index (χ1n) is 6.62. The minimum atomic E-state index is -0.252. The van der Waals surface area contributed by atoms with Crippen molar-refractivity contribution in [3.05, 3.63) is 40.0 Å². The topological polar surface area (TPSA) is 56.0 Å². The second-order valence-corrected chi connectivity index (χ2v) is 5.35. The van der Waals surface area contributed by atoms with Crippen LogP contribution in [0.5, 0.6) is 0 Å². The molecule has 20 heavy (non-hydrogen) atoms. The van der Waals surface area contributed by atoms with Crippen molar-refractivity contribution in [2.75, 3.05) is 18.0 Å². The summed E-state index contributed by atoms with van der Waals surface area (Å²) < 4.78 is 3.25. The minimum Gasteiger partial charge on any atom is -0.369 e. The van der Waals surface area contributed by atoms with Gasteiger partial charge in [-0.15, -0.1) is 0 Å². The van der Waals surface area contributed by atoms with Crippen molar-refractivity contribution in [2.24, 2.45) is 7.05 Å². The van der Waals surface area contributed by atoms with E-state index < -0.39 is 0 Å². The third kappa shape index (κ3) is 2.31. The molecule has 6 nitrogen and oxygen atoms in total. The first-order valence-corrected chi connectivity index (χ1v) is 7.00. The predicted molar refractivity (Wildman–Crippen MR) is 77.2 cm³/mol. The van der Waals surface area contributed by atoms with Gasteiger partial charge in [0.25, 0.3) is 5.56 Å². The van der Waals surface area contributed by atoms with Gasteiger partial charge in [-0.1, -0.05) is 11.6 Å². The average molecular weight is 294 g/mol. The normalized spacial score (nSPS) is 16.6. The van der Waals surface area contributed by atoms with Crippen molar-refractivity contribution in [3.63, 3.8) is 0 Å². The van der Waals surface area contributed by atoms with Crippen LogP contribution in [0.4, 0.5) is 5.69 Å². The van der Waals surface area contributed by atoms with E-state index in [4.69, 9.17) is 11.6 Å². The van der Waals surface area contributed by atoms with Crippen molar-refractivity contribution < 1.29 is 0 Å². The van der Waals surface area contributed by atoms with Crippen LogP contribution in [0.25, 0.3) is 0 Å². The largest absolute Gasteiger partial charge is 0.369 e. The van der Waals surface area contributed by atoms with Gasteiger partial charge in [-0.25, -0.2) is 4.68 Å². The molecule has 0 bridgehead atoms. The van der Waals surface area contributed by atoms with Gasteiger partial charge in [-0.3, -0.25) is 9.48 Å². The highest BCUT2D eigenvalue weighted by molar-refractivity contribution is 6.33. The van der Waals surface area contributed by atoms with E-state index in [1.807, 2.05) is 16.9 Å². The Morgan fingerprint density at radius 3 is 2.70 bits per heavy atom. The lowest BCUT2D eigenvalue weighted by atomic mass is 10.1. The number of aromatic nitrogens is 4. The van der Waals surface area contributed by atoms with Gasteiger partial charge >= 0.3 is 0 Å². The molecular formula is C13H16ClN5O. The number of nitrogens with zero attached hydrogens (tertiary/aromatic N) is 5. The summed E-state index contributed by atoms with van der Waals surface area (Å²) in [6.45, 7) is 1.69. The van der Waals surface area contributed by atoms with Gasteiger partial charge in [0, 0.05) is 32.5 Å². The summed E-state index contributed by atoms with van der Waals surface area (Å²) >= 11 is 6.14. The van der Waals surface area contributed by atoms with Crippen molar-refractivity contribution in [1.82, 2.24) is 19.6 Å². The fourth-order valence-corrected chi connectivity index (χ4v) is 2.88. The standard InChI is InChI=1S/C13H16ClN5O/c1-17-13(20)12(14)11(9-16-17)18-7-3-10(4-8-18)19-6-2-5-15-19/h2,5-6,9-10H,3-4,7-8H2,1H3. The van der Waals surface area contributed by atoms with Gasteiger partial charge in [0.1, 0.15) is 5.02 Å². The summed E-state index contributed by atoms with van der Waals surface area (Å²) in [4.78, 5) is 13.9. The van der Waals surface area contributed by atoms with Gasteiger partial charge in [-0.2, -0.15) is 10.2 Å². The Bertz CT molecular complexity index is 643. The minimum absolute atomic E-state index is 0.250. The molecule has 0 unspecified atom stereocenters. The molecule has 0 N–H and O–H groups in total. The Morgan fingerprint density at radius 2 is 2.05 bits per heavy atom. The molecule has 0 atom stereocenters. The number of anilines is 1. The molecule has 3 heterocycles.